The summed E-state index contributed by atoms with van der Waals surface area (Å²) >= 11 is 11.7. The van der Waals surface area contributed by atoms with Gasteiger partial charge in [0.25, 0.3) is 5.56 Å². The molecule has 0 spiro atoms. The molecule has 1 N–H and O–H groups in total. The van der Waals surface area contributed by atoms with E-state index in [0.29, 0.717) is 0 Å². The van der Waals surface area contributed by atoms with Gasteiger partial charge in [0.2, 0.25) is 0 Å². The minimum atomic E-state index is -1.54. The fourth-order valence-corrected chi connectivity index (χ4v) is 4.28. The third kappa shape index (κ3) is 8.20. The maximum Gasteiger partial charge on any atom is 0.330 e. The average Bonchev–Trinajstić information content (AvgIpc) is 2.80. The number of hydrogen-bond acceptors (Lipinski definition) is 12. The Morgan fingerprint density at radius 1 is 0.895 bits per heavy atom. The lowest BCUT2D eigenvalue weighted by Crippen LogP contribution is -2.61. The first-order valence-corrected chi connectivity index (χ1v) is 12.5. The number of H-pyrrole nitrogens is 1. The lowest BCUT2D eigenvalue weighted by atomic mass is 9.97. The van der Waals surface area contributed by atoms with Crippen molar-refractivity contribution < 1.29 is 42.9 Å². The molecule has 1 fully saturated rings. The zero-order valence-corrected chi connectivity index (χ0v) is 22.7. The Kier molecular flexibility index (Phi) is 11.6. The quantitative estimate of drug-likeness (QED) is 0.212. The molecular weight excluding hydrogens is 553 g/mol. The predicted molar refractivity (Wildman–Crippen MR) is 132 cm³/mol. The summed E-state index contributed by atoms with van der Waals surface area (Å²) in [5.41, 5.74) is -1.71. The molecule has 0 saturated carbocycles. The van der Waals surface area contributed by atoms with Crippen molar-refractivity contribution in [1.82, 2.24) is 9.55 Å². The van der Waals surface area contributed by atoms with E-state index in [1.165, 1.54) is 4.90 Å². The highest BCUT2D eigenvalue weighted by atomic mass is 35.5. The lowest BCUT2D eigenvalue weighted by molar-refractivity contribution is -0.269. The molecule has 0 amide bonds. The number of nitrogens with one attached hydrogen (secondary N) is 1. The summed E-state index contributed by atoms with van der Waals surface area (Å²) in [5, 5.41) is 0. The van der Waals surface area contributed by atoms with Crippen LogP contribution in [0.25, 0.3) is 0 Å². The van der Waals surface area contributed by atoms with E-state index in [1.807, 2.05) is 0 Å². The van der Waals surface area contributed by atoms with E-state index < -0.39 is 72.4 Å². The zero-order valence-electron chi connectivity index (χ0n) is 21.1. The van der Waals surface area contributed by atoms with Gasteiger partial charge in [-0.25, -0.2) is 4.79 Å². The van der Waals surface area contributed by atoms with Crippen LogP contribution in [-0.2, 0) is 42.9 Å². The van der Waals surface area contributed by atoms with Crippen LogP contribution >= 0.6 is 23.2 Å². The van der Waals surface area contributed by atoms with Crippen molar-refractivity contribution in [3.05, 3.63) is 27.0 Å². The van der Waals surface area contributed by atoms with Crippen molar-refractivity contribution in [2.45, 2.75) is 58.3 Å². The number of carbonyl (C=O) groups is 4. The van der Waals surface area contributed by atoms with Gasteiger partial charge in [0.1, 0.15) is 18.4 Å². The normalized spacial score (nSPS) is 22.7. The van der Waals surface area contributed by atoms with Crippen LogP contribution in [0.4, 0.5) is 5.69 Å². The molecule has 1 aromatic heterocycles. The average molecular weight is 582 g/mol. The summed E-state index contributed by atoms with van der Waals surface area (Å²) in [7, 11) is 0. The molecule has 0 aliphatic carbocycles. The Morgan fingerprint density at radius 2 is 1.42 bits per heavy atom. The van der Waals surface area contributed by atoms with E-state index in [-0.39, 0.29) is 30.5 Å². The molecular formula is C22H29Cl2N3O11. The number of anilines is 1. The second-order valence-electron chi connectivity index (χ2n) is 8.14. The molecule has 2 heterocycles. The van der Waals surface area contributed by atoms with Gasteiger partial charge in [0.15, 0.2) is 24.5 Å². The number of esters is 4. The van der Waals surface area contributed by atoms with Gasteiger partial charge in [-0.15, -0.1) is 23.2 Å². The lowest BCUT2D eigenvalue weighted by Gasteiger charge is -2.44. The number of carbonyl (C=O) groups excluding carboxylic acids is 4. The van der Waals surface area contributed by atoms with Gasteiger partial charge < -0.3 is 28.6 Å². The van der Waals surface area contributed by atoms with Gasteiger partial charge >= 0.3 is 29.6 Å². The second-order valence-corrected chi connectivity index (χ2v) is 8.89. The highest BCUT2D eigenvalue weighted by Crippen LogP contribution is 2.34. The number of ether oxygens (including phenoxy) is 5. The molecule has 0 unspecified atom stereocenters. The van der Waals surface area contributed by atoms with Crippen LogP contribution < -0.4 is 16.1 Å². The third-order valence-corrected chi connectivity index (χ3v) is 5.58. The van der Waals surface area contributed by atoms with E-state index >= 15 is 0 Å². The molecule has 2 rings (SSSR count). The van der Waals surface area contributed by atoms with Crippen LogP contribution in [0.5, 0.6) is 0 Å². The second kappa shape index (κ2) is 14.2. The van der Waals surface area contributed by atoms with Crippen molar-refractivity contribution in [3.63, 3.8) is 0 Å². The van der Waals surface area contributed by atoms with Crippen LogP contribution in [0.1, 0.15) is 33.9 Å². The van der Waals surface area contributed by atoms with Gasteiger partial charge in [-0.2, -0.15) is 0 Å². The first-order chi connectivity index (χ1) is 17.9. The molecule has 0 aromatic carbocycles. The topological polar surface area (TPSA) is 173 Å². The maximum atomic E-state index is 13.0. The highest BCUT2D eigenvalue weighted by Gasteiger charge is 2.53. The number of hydrogen-bond donors (Lipinski definition) is 1. The van der Waals surface area contributed by atoms with Gasteiger partial charge in [0, 0.05) is 58.7 Å². The Morgan fingerprint density at radius 3 is 1.92 bits per heavy atom. The van der Waals surface area contributed by atoms with Crippen LogP contribution in [0.15, 0.2) is 15.8 Å². The molecule has 38 heavy (non-hydrogen) atoms. The molecule has 0 bridgehead atoms. The van der Waals surface area contributed by atoms with E-state index in [0.717, 1.165) is 38.5 Å². The fourth-order valence-electron chi connectivity index (χ4n) is 3.88. The Balaban J connectivity index is 2.73. The van der Waals surface area contributed by atoms with Crippen molar-refractivity contribution in [2.24, 2.45) is 0 Å². The predicted octanol–water partition coefficient (Wildman–Crippen LogP) is 0.0762. The van der Waals surface area contributed by atoms with Crippen LogP contribution in [0.2, 0.25) is 0 Å². The standard InChI is InChI=1S/C22H29Cl2N3O11/c1-11(28)34-10-16-17(35-12(2)29)18(36-13(3)30)19(37-14(4)31)21(38-16)27-9-15(20(32)25-22(27)33)26(7-5-23)8-6-24/h9,16-19,21H,5-8,10H2,1-4H3,(H,25,32,33)/t16-,17-,18-,19+,21-/m0/s1. The third-order valence-electron chi connectivity index (χ3n) is 5.24. The maximum absolute atomic E-state index is 13.0. The summed E-state index contributed by atoms with van der Waals surface area (Å²) in [6, 6.07) is 0. The smallest absolute Gasteiger partial charge is 0.330 e. The van der Waals surface area contributed by atoms with Crippen LogP contribution in [0, 0.1) is 0 Å². The number of aromatic nitrogens is 2. The van der Waals surface area contributed by atoms with Gasteiger partial charge in [0.05, 0.1) is 0 Å². The van der Waals surface area contributed by atoms with E-state index in [2.05, 4.69) is 4.98 Å². The summed E-state index contributed by atoms with van der Waals surface area (Å²) in [6.45, 7) is 4.28. The molecule has 1 aliphatic heterocycles. The highest BCUT2D eigenvalue weighted by molar-refractivity contribution is 6.18. The molecule has 16 heteroatoms. The Labute approximate surface area is 227 Å². The first kappa shape index (κ1) is 31.1. The Hall–Kier alpha value is -3.10. The molecule has 212 valence electrons. The van der Waals surface area contributed by atoms with Crippen molar-refractivity contribution in [2.75, 3.05) is 36.4 Å². The molecule has 1 aliphatic rings. The summed E-state index contributed by atoms with van der Waals surface area (Å²) < 4.78 is 28.0. The van der Waals surface area contributed by atoms with Gasteiger partial charge in [-0.3, -0.25) is 33.5 Å². The number of alkyl halides is 2. The summed E-state index contributed by atoms with van der Waals surface area (Å²) in [6.07, 6.45) is -6.11. The van der Waals surface area contributed by atoms with Gasteiger partial charge in [-0.1, -0.05) is 0 Å². The number of halogens is 2. The number of aromatic amines is 1. The zero-order chi connectivity index (χ0) is 28.6. The van der Waals surface area contributed by atoms with E-state index in [4.69, 9.17) is 46.9 Å². The van der Waals surface area contributed by atoms with Crippen molar-refractivity contribution in [3.8, 4) is 0 Å². The van der Waals surface area contributed by atoms with E-state index in [1.54, 1.807) is 0 Å². The minimum absolute atomic E-state index is 0.00115. The summed E-state index contributed by atoms with van der Waals surface area (Å²) in [4.78, 5) is 76.8. The molecule has 0 radical (unpaired) electrons. The largest absolute Gasteiger partial charge is 0.463 e. The summed E-state index contributed by atoms with van der Waals surface area (Å²) in [5.74, 6) is -2.90. The van der Waals surface area contributed by atoms with E-state index in [9.17, 15) is 28.8 Å². The minimum Gasteiger partial charge on any atom is -0.463 e. The Bertz CT molecular complexity index is 1130. The number of nitrogens with zero attached hydrogens (tertiary/aromatic N) is 2. The molecule has 14 nitrogen and oxygen atoms in total. The van der Waals surface area contributed by atoms with Crippen molar-refractivity contribution in [1.29, 1.82) is 0 Å². The van der Waals surface area contributed by atoms with Crippen molar-refractivity contribution >= 4 is 52.8 Å². The molecule has 1 aromatic rings. The molecule has 5 atom stereocenters. The van der Waals surface area contributed by atoms with Crippen LogP contribution in [0.3, 0.4) is 0 Å². The fraction of sp³-hybridized carbons (Fsp3) is 0.636. The van der Waals surface area contributed by atoms with Gasteiger partial charge in [-0.05, 0) is 0 Å². The molecule has 1 saturated heterocycles. The first-order valence-electron chi connectivity index (χ1n) is 11.4. The monoisotopic (exact) mass is 581 g/mol. The SMILES string of the molecule is CC(=O)OC[C@@H]1O[C@H](n2cc(N(CCCl)CCCl)c(=O)[nH]c2=O)[C@H](OC(C)=O)[C@@H](OC(C)=O)[C@H]1OC(C)=O. The van der Waals surface area contributed by atoms with Crippen LogP contribution in [-0.4, -0.2) is 89.3 Å². The number of rotatable bonds is 11.